The molecule has 0 saturated carbocycles. The molecule has 0 aliphatic carbocycles. The van der Waals surface area contributed by atoms with E-state index in [2.05, 4.69) is 4.98 Å². The van der Waals surface area contributed by atoms with Crippen molar-refractivity contribution in [3.63, 3.8) is 0 Å². The molecule has 2 aromatic heterocycles. The minimum Gasteiger partial charge on any atom is -0.497 e. The van der Waals surface area contributed by atoms with Gasteiger partial charge >= 0.3 is 0 Å². The van der Waals surface area contributed by atoms with E-state index < -0.39 is 0 Å². The highest BCUT2D eigenvalue weighted by Gasteiger charge is 2.13. The molecule has 3 aromatic rings. The highest BCUT2D eigenvalue weighted by Crippen LogP contribution is 2.27. The molecule has 0 unspecified atom stereocenters. The zero-order valence-electron chi connectivity index (χ0n) is 13.5. The number of fused-ring (bicyclic) bond motifs is 1. The van der Waals surface area contributed by atoms with Gasteiger partial charge in [-0.1, -0.05) is 0 Å². The van der Waals surface area contributed by atoms with Crippen LogP contribution in [-0.2, 0) is 6.54 Å². The fourth-order valence-electron chi connectivity index (χ4n) is 2.57. The Morgan fingerprint density at radius 2 is 2.00 bits per heavy atom. The van der Waals surface area contributed by atoms with Crippen molar-refractivity contribution in [2.45, 2.75) is 20.4 Å². The molecule has 0 saturated heterocycles. The number of aryl methyl sites for hydroxylation is 2. The van der Waals surface area contributed by atoms with Crippen LogP contribution in [0.15, 0.2) is 29.3 Å². The fourth-order valence-corrected chi connectivity index (χ4v) is 3.56. The molecular weight excluding hydrogens is 312 g/mol. The van der Waals surface area contributed by atoms with Gasteiger partial charge in [-0.2, -0.15) is 0 Å². The van der Waals surface area contributed by atoms with Gasteiger partial charge in [-0.15, -0.1) is 11.3 Å². The fraction of sp³-hybridized carbons (Fsp3) is 0.294. The van der Waals surface area contributed by atoms with Gasteiger partial charge in [0.15, 0.2) is 0 Å². The van der Waals surface area contributed by atoms with Crippen molar-refractivity contribution < 1.29 is 9.47 Å². The molecule has 0 bridgehead atoms. The summed E-state index contributed by atoms with van der Waals surface area (Å²) in [5.74, 6) is 1.45. The minimum atomic E-state index is -0.0262. The Morgan fingerprint density at radius 3 is 2.70 bits per heavy atom. The molecule has 3 rings (SSSR count). The van der Waals surface area contributed by atoms with E-state index in [-0.39, 0.29) is 5.56 Å². The van der Waals surface area contributed by atoms with Crippen molar-refractivity contribution in [3.05, 3.63) is 50.9 Å². The Labute approximate surface area is 138 Å². The van der Waals surface area contributed by atoms with E-state index in [4.69, 9.17) is 9.47 Å². The minimum absolute atomic E-state index is 0.0262. The van der Waals surface area contributed by atoms with E-state index in [9.17, 15) is 4.79 Å². The molecule has 0 spiro atoms. The number of hydrogen-bond acceptors (Lipinski definition) is 5. The molecule has 0 atom stereocenters. The van der Waals surface area contributed by atoms with E-state index >= 15 is 0 Å². The molecule has 5 nitrogen and oxygen atoms in total. The second-order valence-electron chi connectivity index (χ2n) is 5.32. The van der Waals surface area contributed by atoms with Crippen molar-refractivity contribution >= 4 is 21.6 Å². The van der Waals surface area contributed by atoms with Crippen molar-refractivity contribution in [1.29, 1.82) is 0 Å². The number of thiophene rings is 1. The normalized spacial score (nSPS) is 11.0. The smallest absolute Gasteiger partial charge is 0.262 e. The first-order valence-electron chi connectivity index (χ1n) is 7.21. The zero-order chi connectivity index (χ0) is 16.6. The van der Waals surface area contributed by atoms with Crippen LogP contribution in [0.25, 0.3) is 10.2 Å². The molecule has 2 heterocycles. The third kappa shape index (κ3) is 2.70. The third-order valence-corrected chi connectivity index (χ3v) is 5.10. The van der Waals surface area contributed by atoms with Gasteiger partial charge in [0.25, 0.3) is 5.56 Å². The summed E-state index contributed by atoms with van der Waals surface area (Å²) in [4.78, 5) is 19.1. The van der Waals surface area contributed by atoms with Crippen LogP contribution in [0.2, 0.25) is 0 Å². The summed E-state index contributed by atoms with van der Waals surface area (Å²) in [5.41, 5.74) is 1.86. The second-order valence-corrected chi connectivity index (χ2v) is 6.52. The maximum absolute atomic E-state index is 12.8. The average molecular weight is 330 g/mol. The predicted octanol–water partition coefficient (Wildman–Crippen LogP) is 3.14. The lowest BCUT2D eigenvalue weighted by Gasteiger charge is -2.12. The van der Waals surface area contributed by atoms with E-state index in [1.807, 2.05) is 32.0 Å². The van der Waals surface area contributed by atoms with Crippen LogP contribution >= 0.6 is 11.3 Å². The number of aromatic nitrogens is 2. The molecule has 6 heteroatoms. The Kier molecular flexibility index (Phi) is 4.09. The number of rotatable bonds is 4. The van der Waals surface area contributed by atoms with Gasteiger partial charge in [0, 0.05) is 10.4 Å². The van der Waals surface area contributed by atoms with Crippen LogP contribution in [0.1, 0.15) is 16.0 Å². The molecule has 23 heavy (non-hydrogen) atoms. The highest BCUT2D eigenvalue weighted by molar-refractivity contribution is 7.18. The third-order valence-electron chi connectivity index (χ3n) is 3.98. The molecule has 0 N–H and O–H groups in total. The van der Waals surface area contributed by atoms with Crippen LogP contribution in [-0.4, -0.2) is 23.8 Å². The lowest BCUT2D eigenvalue weighted by atomic mass is 10.1. The number of methoxy groups -OCH3 is 2. The summed E-state index contributed by atoms with van der Waals surface area (Å²) in [6.07, 6.45) is 1.60. The topological polar surface area (TPSA) is 53.4 Å². The Morgan fingerprint density at radius 1 is 1.22 bits per heavy atom. The Bertz CT molecular complexity index is 927. The van der Waals surface area contributed by atoms with Crippen molar-refractivity contribution in [2.75, 3.05) is 14.2 Å². The average Bonchev–Trinajstić information content (AvgIpc) is 2.85. The first-order chi connectivity index (χ1) is 11.0. The van der Waals surface area contributed by atoms with Crippen LogP contribution in [0.3, 0.4) is 0 Å². The summed E-state index contributed by atoms with van der Waals surface area (Å²) in [6, 6.07) is 5.55. The molecule has 1 aromatic carbocycles. The summed E-state index contributed by atoms with van der Waals surface area (Å²) in [5, 5.41) is 0.705. The quantitative estimate of drug-likeness (QED) is 0.737. The Balaban J connectivity index is 2.10. The van der Waals surface area contributed by atoms with Gasteiger partial charge in [-0.3, -0.25) is 9.36 Å². The number of benzene rings is 1. The number of hydrogen-bond donors (Lipinski definition) is 0. The summed E-state index contributed by atoms with van der Waals surface area (Å²) in [6.45, 7) is 4.36. The van der Waals surface area contributed by atoms with Gasteiger partial charge < -0.3 is 9.47 Å². The first-order valence-corrected chi connectivity index (χ1v) is 8.03. The monoisotopic (exact) mass is 330 g/mol. The van der Waals surface area contributed by atoms with E-state index in [1.165, 1.54) is 0 Å². The standard InChI is InChI=1S/C17H18N2O3S/c1-10-11(2)23-16-15(10)17(20)19(9-18-16)8-12-7-13(21-3)5-6-14(12)22-4/h5-7,9H,8H2,1-4H3. The molecule has 0 radical (unpaired) electrons. The van der Waals surface area contributed by atoms with E-state index in [1.54, 1.807) is 36.5 Å². The molecule has 0 amide bonds. The van der Waals surface area contributed by atoms with Gasteiger partial charge in [0.05, 0.1) is 32.5 Å². The van der Waals surface area contributed by atoms with E-state index in [0.717, 1.165) is 32.3 Å². The zero-order valence-corrected chi connectivity index (χ0v) is 14.4. The summed E-state index contributed by atoms with van der Waals surface area (Å²) < 4.78 is 12.3. The molecule has 0 fully saturated rings. The molecular formula is C17H18N2O3S. The summed E-state index contributed by atoms with van der Waals surface area (Å²) in [7, 11) is 3.23. The lowest BCUT2D eigenvalue weighted by molar-refractivity contribution is 0.397. The van der Waals surface area contributed by atoms with Crippen molar-refractivity contribution in [2.24, 2.45) is 0 Å². The van der Waals surface area contributed by atoms with Crippen LogP contribution in [0, 0.1) is 13.8 Å². The van der Waals surface area contributed by atoms with Gasteiger partial charge in [-0.25, -0.2) is 4.98 Å². The SMILES string of the molecule is COc1ccc(OC)c(Cn2cnc3sc(C)c(C)c3c2=O)c1. The largest absolute Gasteiger partial charge is 0.497 e. The molecule has 0 aliphatic heterocycles. The maximum atomic E-state index is 12.8. The van der Waals surface area contributed by atoms with Gasteiger partial charge in [-0.05, 0) is 37.6 Å². The van der Waals surface area contributed by atoms with Crippen molar-refractivity contribution in [3.8, 4) is 11.5 Å². The van der Waals surface area contributed by atoms with E-state index in [0.29, 0.717) is 11.9 Å². The second kappa shape index (κ2) is 6.04. The van der Waals surface area contributed by atoms with Crippen LogP contribution < -0.4 is 15.0 Å². The van der Waals surface area contributed by atoms with Crippen molar-refractivity contribution in [1.82, 2.24) is 9.55 Å². The van der Waals surface area contributed by atoms with Gasteiger partial charge in [0.2, 0.25) is 0 Å². The number of nitrogens with zero attached hydrogens (tertiary/aromatic N) is 2. The Hall–Kier alpha value is -2.34. The van der Waals surface area contributed by atoms with Crippen LogP contribution in [0.5, 0.6) is 11.5 Å². The predicted molar refractivity (Wildman–Crippen MR) is 92.0 cm³/mol. The molecule has 120 valence electrons. The van der Waals surface area contributed by atoms with Crippen LogP contribution in [0.4, 0.5) is 0 Å². The molecule has 0 aliphatic rings. The highest BCUT2D eigenvalue weighted by atomic mass is 32.1. The van der Waals surface area contributed by atoms with Gasteiger partial charge in [0.1, 0.15) is 16.3 Å². The maximum Gasteiger partial charge on any atom is 0.262 e. The summed E-state index contributed by atoms with van der Waals surface area (Å²) >= 11 is 1.55. The first kappa shape index (κ1) is 15.6. The number of ether oxygens (including phenoxy) is 2. The lowest BCUT2D eigenvalue weighted by Crippen LogP contribution is -2.21.